The summed E-state index contributed by atoms with van der Waals surface area (Å²) < 4.78 is 5.92. The molecule has 0 spiro atoms. The lowest BCUT2D eigenvalue weighted by Crippen LogP contribution is -2.26. The second-order valence-corrected chi connectivity index (χ2v) is 4.93. The van der Waals surface area contributed by atoms with Gasteiger partial charge in [0.2, 0.25) is 0 Å². The van der Waals surface area contributed by atoms with Crippen molar-refractivity contribution < 1.29 is 9.94 Å². The molecule has 1 unspecified atom stereocenters. The number of hydrogen-bond acceptors (Lipinski definition) is 3. The van der Waals surface area contributed by atoms with Gasteiger partial charge in [-0.05, 0) is 26.3 Å². The first kappa shape index (κ1) is 13.5. The molecule has 1 aromatic carbocycles. The summed E-state index contributed by atoms with van der Waals surface area (Å²) in [5.74, 6) is 0.170. The minimum Gasteiger partial charge on any atom is -0.409 e. The first-order chi connectivity index (χ1) is 7.92. The number of benzene rings is 1. The fraction of sp³-hybridized carbons (Fsp3) is 0.462. The third kappa shape index (κ3) is 4.87. The lowest BCUT2D eigenvalue weighted by Gasteiger charge is -2.27. The number of amidine groups is 1. The van der Waals surface area contributed by atoms with Crippen molar-refractivity contribution in [1.29, 1.82) is 0 Å². The molecule has 0 radical (unpaired) electrons. The summed E-state index contributed by atoms with van der Waals surface area (Å²) in [6.45, 7) is 5.94. The lowest BCUT2D eigenvalue weighted by molar-refractivity contribution is -0.0586. The normalized spacial score (nSPS) is 14.6. The average Bonchev–Trinajstić information content (AvgIpc) is 2.27. The van der Waals surface area contributed by atoms with Crippen molar-refractivity contribution in [1.82, 2.24) is 0 Å². The fourth-order valence-electron chi connectivity index (χ4n) is 1.55. The molecule has 0 bridgehead atoms. The molecule has 3 N–H and O–H groups in total. The molecule has 0 saturated heterocycles. The topological polar surface area (TPSA) is 67.8 Å². The molecule has 4 nitrogen and oxygen atoms in total. The molecule has 1 rings (SSSR count). The van der Waals surface area contributed by atoms with Gasteiger partial charge in [-0.1, -0.05) is 35.5 Å². The predicted molar refractivity (Wildman–Crippen MR) is 68.0 cm³/mol. The van der Waals surface area contributed by atoms with Crippen LogP contribution in [0.15, 0.2) is 35.5 Å². The Hall–Kier alpha value is -1.55. The number of rotatable bonds is 4. The largest absolute Gasteiger partial charge is 0.409 e. The third-order valence-corrected chi connectivity index (χ3v) is 2.19. The van der Waals surface area contributed by atoms with E-state index < -0.39 is 0 Å². The number of nitrogens with two attached hydrogens (primary N) is 1. The molecule has 0 aromatic heterocycles. The van der Waals surface area contributed by atoms with Gasteiger partial charge in [0.1, 0.15) is 5.84 Å². The predicted octanol–water partition coefficient (Wildman–Crippen LogP) is 2.68. The van der Waals surface area contributed by atoms with E-state index in [1.807, 2.05) is 51.1 Å². The van der Waals surface area contributed by atoms with E-state index in [1.165, 1.54) is 0 Å². The zero-order valence-electron chi connectivity index (χ0n) is 10.6. The van der Waals surface area contributed by atoms with Crippen LogP contribution in [-0.2, 0) is 4.74 Å². The van der Waals surface area contributed by atoms with Crippen LogP contribution in [0.3, 0.4) is 0 Å². The zero-order valence-corrected chi connectivity index (χ0v) is 10.6. The van der Waals surface area contributed by atoms with Crippen LogP contribution in [0.2, 0.25) is 0 Å². The molecular formula is C13H20N2O2. The van der Waals surface area contributed by atoms with Gasteiger partial charge < -0.3 is 15.7 Å². The maximum atomic E-state index is 8.64. The van der Waals surface area contributed by atoms with Crippen molar-refractivity contribution in [3.05, 3.63) is 35.9 Å². The van der Waals surface area contributed by atoms with Gasteiger partial charge in [0.05, 0.1) is 11.7 Å². The van der Waals surface area contributed by atoms with E-state index in [2.05, 4.69) is 5.16 Å². The number of ether oxygens (including phenoxy) is 1. The minimum absolute atomic E-state index is 0.170. The average molecular weight is 236 g/mol. The Morgan fingerprint density at radius 3 is 2.41 bits per heavy atom. The second-order valence-electron chi connectivity index (χ2n) is 4.93. The van der Waals surface area contributed by atoms with E-state index in [4.69, 9.17) is 15.7 Å². The first-order valence-corrected chi connectivity index (χ1v) is 5.61. The van der Waals surface area contributed by atoms with Crippen molar-refractivity contribution in [2.24, 2.45) is 10.9 Å². The maximum Gasteiger partial charge on any atom is 0.142 e. The highest BCUT2D eigenvalue weighted by Gasteiger charge is 2.21. The van der Waals surface area contributed by atoms with Gasteiger partial charge in [0.25, 0.3) is 0 Å². The Morgan fingerprint density at radius 1 is 1.35 bits per heavy atom. The molecule has 1 atom stereocenters. The Labute approximate surface area is 102 Å². The van der Waals surface area contributed by atoms with Crippen LogP contribution in [0.4, 0.5) is 0 Å². The Bertz CT molecular complexity index is 369. The summed E-state index contributed by atoms with van der Waals surface area (Å²) in [6, 6.07) is 9.78. The van der Waals surface area contributed by atoms with E-state index in [-0.39, 0.29) is 17.5 Å². The Balaban J connectivity index is 2.87. The summed E-state index contributed by atoms with van der Waals surface area (Å²) in [7, 11) is 0. The molecule has 0 heterocycles. The van der Waals surface area contributed by atoms with Crippen molar-refractivity contribution in [3.8, 4) is 0 Å². The molecule has 94 valence electrons. The SMILES string of the molecule is CC(C)(C)OC(CC(N)=NO)c1ccccc1. The third-order valence-electron chi connectivity index (χ3n) is 2.19. The molecule has 0 aliphatic carbocycles. The quantitative estimate of drug-likeness (QED) is 0.365. The highest BCUT2D eigenvalue weighted by atomic mass is 16.5. The van der Waals surface area contributed by atoms with E-state index in [0.29, 0.717) is 6.42 Å². The summed E-state index contributed by atoms with van der Waals surface area (Å²) >= 11 is 0. The molecule has 0 amide bonds. The maximum absolute atomic E-state index is 8.64. The van der Waals surface area contributed by atoms with Crippen LogP contribution in [0.5, 0.6) is 0 Å². The lowest BCUT2D eigenvalue weighted by atomic mass is 10.0. The fourth-order valence-corrected chi connectivity index (χ4v) is 1.55. The molecule has 1 aromatic rings. The summed E-state index contributed by atoms with van der Waals surface area (Å²) in [4.78, 5) is 0. The van der Waals surface area contributed by atoms with Gasteiger partial charge in [-0.25, -0.2) is 0 Å². The van der Waals surface area contributed by atoms with E-state index in [1.54, 1.807) is 0 Å². The van der Waals surface area contributed by atoms with E-state index in [9.17, 15) is 0 Å². The zero-order chi connectivity index (χ0) is 12.9. The number of nitrogens with zero attached hydrogens (tertiary/aromatic N) is 1. The molecule has 0 saturated carbocycles. The van der Waals surface area contributed by atoms with Crippen LogP contribution >= 0.6 is 0 Å². The van der Waals surface area contributed by atoms with Crippen molar-refractivity contribution in [2.45, 2.75) is 38.9 Å². The first-order valence-electron chi connectivity index (χ1n) is 5.61. The monoisotopic (exact) mass is 236 g/mol. The van der Waals surface area contributed by atoms with Crippen molar-refractivity contribution in [3.63, 3.8) is 0 Å². The van der Waals surface area contributed by atoms with Gasteiger partial charge in [-0.2, -0.15) is 0 Å². The number of hydrogen-bond donors (Lipinski definition) is 2. The van der Waals surface area contributed by atoms with Crippen LogP contribution in [-0.4, -0.2) is 16.6 Å². The summed E-state index contributed by atoms with van der Waals surface area (Å²) in [5, 5.41) is 11.6. The van der Waals surface area contributed by atoms with E-state index in [0.717, 1.165) is 5.56 Å². The van der Waals surface area contributed by atoms with Gasteiger partial charge in [0.15, 0.2) is 0 Å². The molecule has 17 heavy (non-hydrogen) atoms. The van der Waals surface area contributed by atoms with Gasteiger partial charge >= 0.3 is 0 Å². The second kappa shape index (κ2) is 5.68. The molecular weight excluding hydrogens is 216 g/mol. The smallest absolute Gasteiger partial charge is 0.142 e. The number of oxime groups is 1. The summed E-state index contributed by atoms with van der Waals surface area (Å²) in [6.07, 6.45) is 0.171. The molecule has 0 aliphatic heterocycles. The molecule has 4 heteroatoms. The minimum atomic E-state index is -0.282. The Kier molecular flexibility index (Phi) is 4.52. The standard InChI is InChI=1S/C13H20N2O2/c1-13(2,3)17-11(9-12(14)15-16)10-7-5-4-6-8-10/h4-8,11,16H,9H2,1-3H3,(H2,14,15). The molecule has 0 fully saturated rings. The van der Waals surface area contributed by atoms with Crippen LogP contribution in [0.25, 0.3) is 0 Å². The van der Waals surface area contributed by atoms with Crippen molar-refractivity contribution in [2.75, 3.05) is 0 Å². The highest BCUT2D eigenvalue weighted by molar-refractivity contribution is 5.80. The van der Waals surface area contributed by atoms with Gasteiger partial charge in [-0.15, -0.1) is 0 Å². The summed E-state index contributed by atoms with van der Waals surface area (Å²) in [5.41, 5.74) is 6.29. The van der Waals surface area contributed by atoms with Crippen LogP contribution in [0, 0.1) is 0 Å². The molecule has 0 aliphatic rings. The highest BCUT2D eigenvalue weighted by Crippen LogP contribution is 2.26. The van der Waals surface area contributed by atoms with Gasteiger partial charge in [0, 0.05) is 6.42 Å². The Morgan fingerprint density at radius 2 is 1.94 bits per heavy atom. The van der Waals surface area contributed by atoms with Crippen LogP contribution < -0.4 is 5.73 Å². The van der Waals surface area contributed by atoms with Gasteiger partial charge in [-0.3, -0.25) is 0 Å². The van der Waals surface area contributed by atoms with Crippen LogP contribution in [0.1, 0.15) is 38.9 Å². The van der Waals surface area contributed by atoms with E-state index >= 15 is 0 Å². The van der Waals surface area contributed by atoms with Crippen molar-refractivity contribution >= 4 is 5.84 Å².